The van der Waals surface area contributed by atoms with Crippen LogP contribution in [-0.2, 0) is 9.53 Å². The third kappa shape index (κ3) is 3.48. The number of nitrogens with zero attached hydrogens (tertiary/aromatic N) is 4. The molecule has 0 amide bonds. The second-order valence-electron chi connectivity index (χ2n) is 5.41. The van der Waals surface area contributed by atoms with Crippen LogP contribution >= 0.6 is 0 Å². The fraction of sp³-hybridized carbons (Fsp3) is 0.353. The molecule has 0 bridgehead atoms. The van der Waals surface area contributed by atoms with Crippen LogP contribution in [0.2, 0.25) is 0 Å². The number of hydrogen-bond donors (Lipinski definition) is 0. The Hall–Kier alpha value is -2.47. The van der Waals surface area contributed by atoms with Gasteiger partial charge in [-0.25, -0.2) is 14.8 Å². The van der Waals surface area contributed by atoms with E-state index < -0.39 is 0 Å². The van der Waals surface area contributed by atoms with E-state index in [0.29, 0.717) is 0 Å². The molecule has 6 nitrogen and oxygen atoms in total. The van der Waals surface area contributed by atoms with E-state index in [-0.39, 0.29) is 12.0 Å². The van der Waals surface area contributed by atoms with Crippen LogP contribution in [0.1, 0.15) is 11.6 Å². The first kappa shape index (κ1) is 15.4. The van der Waals surface area contributed by atoms with Crippen molar-refractivity contribution < 1.29 is 9.53 Å². The van der Waals surface area contributed by atoms with E-state index in [0.717, 1.165) is 37.7 Å². The summed E-state index contributed by atoms with van der Waals surface area (Å²) in [5, 5.41) is 0. The number of piperazine rings is 1. The average molecular weight is 312 g/mol. The molecule has 0 N–H and O–H groups in total. The molecule has 1 aliphatic rings. The normalized spacial score (nSPS) is 16.8. The summed E-state index contributed by atoms with van der Waals surface area (Å²) >= 11 is 0. The maximum atomic E-state index is 12.3. The number of esters is 1. The number of methoxy groups -OCH3 is 1. The number of ether oxygens (including phenoxy) is 1. The van der Waals surface area contributed by atoms with Gasteiger partial charge in [0, 0.05) is 38.6 Å². The van der Waals surface area contributed by atoms with Crippen molar-refractivity contribution in [3.63, 3.8) is 0 Å². The molecule has 1 aromatic carbocycles. The zero-order chi connectivity index (χ0) is 16.1. The Labute approximate surface area is 135 Å². The molecule has 0 spiro atoms. The van der Waals surface area contributed by atoms with Gasteiger partial charge in [-0.3, -0.25) is 4.90 Å². The molecule has 1 saturated heterocycles. The van der Waals surface area contributed by atoms with Crippen molar-refractivity contribution in [2.75, 3.05) is 38.2 Å². The Kier molecular flexibility index (Phi) is 4.83. The lowest BCUT2D eigenvalue weighted by atomic mass is 10.0. The van der Waals surface area contributed by atoms with Gasteiger partial charge < -0.3 is 9.64 Å². The molecular formula is C17H20N4O2. The number of benzene rings is 1. The smallest absolute Gasteiger partial charge is 0.327 e. The van der Waals surface area contributed by atoms with Crippen LogP contribution in [0.15, 0.2) is 48.8 Å². The van der Waals surface area contributed by atoms with Gasteiger partial charge in [0.1, 0.15) is 6.04 Å². The number of rotatable bonds is 4. The van der Waals surface area contributed by atoms with Gasteiger partial charge in [-0.05, 0) is 11.6 Å². The summed E-state index contributed by atoms with van der Waals surface area (Å²) < 4.78 is 5.01. The Bertz CT molecular complexity index is 628. The molecule has 1 fully saturated rings. The fourth-order valence-corrected chi connectivity index (χ4v) is 2.88. The van der Waals surface area contributed by atoms with Gasteiger partial charge in [0.25, 0.3) is 0 Å². The Morgan fingerprint density at radius 2 is 1.70 bits per heavy atom. The minimum Gasteiger partial charge on any atom is -0.468 e. The molecule has 2 heterocycles. The predicted octanol–water partition coefficient (Wildman–Crippen LogP) is 1.51. The first-order valence-corrected chi connectivity index (χ1v) is 7.68. The molecular weight excluding hydrogens is 292 g/mol. The van der Waals surface area contributed by atoms with Gasteiger partial charge in [0.2, 0.25) is 5.95 Å². The first-order chi connectivity index (χ1) is 11.3. The van der Waals surface area contributed by atoms with Crippen molar-refractivity contribution in [1.29, 1.82) is 0 Å². The van der Waals surface area contributed by atoms with Gasteiger partial charge in [-0.1, -0.05) is 30.3 Å². The van der Waals surface area contributed by atoms with Crippen molar-refractivity contribution in [1.82, 2.24) is 14.9 Å². The zero-order valence-electron chi connectivity index (χ0n) is 13.1. The van der Waals surface area contributed by atoms with E-state index in [1.165, 1.54) is 7.11 Å². The molecule has 0 radical (unpaired) electrons. The average Bonchev–Trinajstić information content (AvgIpc) is 2.64. The molecule has 120 valence electrons. The summed E-state index contributed by atoms with van der Waals surface area (Å²) in [6, 6.07) is 11.2. The number of carbonyl (C=O) groups is 1. The molecule has 0 aliphatic carbocycles. The van der Waals surface area contributed by atoms with Gasteiger partial charge >= 0.3 is 5.97 Å². The molecule has 0 saturated carbocycles. The van der Waals surface area contributed by atoms with Crippen LogP contribution < -0.4 is 4.90 Å². The van der Waals surface area contributed by atoms with Crippen LogP contribution in [0.5, 0.6) is 0 Å². The van der Waals surface area contributed by atoms with Crippen LogP contribution in [0.4, 0.5) is 5.95 Å². The standard InChI is InChI=1S/C17H20N4O2/c1-23-16(22)15(14-6-3-2-4-7-14)20-10-12-21(13-11-20)17-18-8-5-9-19-17/h2-9,15H,10-13H2,1H3/t15-/m0/s1. The van der Waals surface area contributed by atoms with Crippen molar-refractivity contribution in [2.45, 2.75) is 6.04 Å². The Balaban J connectivity index is 1.72. The van der Waals surface area contributed by atoms with Gasteiger partial charge in [-0.2, -0.15) is 0 Å². The topological polar surface area (TPSA) is 58.6 Å². The quantitative estimate of drug-likeness (QED) is 0.798. The minimum atomic E-state index is -0.361. The van der Waals surface area contributed by atoms with Crippen molar-refractivity contribution in [3.05, 3.63) is 54.4 Å². The molecule has 1 atom stereocenters. The van der Waals surface area contributed by atoms with E-state index in [1.807, 2.05) is 36.4 Å². The van der Waals surface area contributed by atoms with E-state index >= 15 is 0 Å². The van der Waals surface area contributed by atoms with Crippen molar-refractivity contribution >= 4 is 11.9 Å². The number of anilines is 1. The highest BCUT2D eigenvalue weighted by Crippen LogP contribution is 2.24. The van der Waals surface area contributed by atoms with Gasteiger partial charge in [0.15, 0.2) is 0 Å². The Morgan fingerprint density at radius 1 is 1.04 bits per heavy atom. The molecule has 1 aliphatic heterocycles. The molecule has 1 aromatic heterocycles. The van der Waals surface area contributed by atoms with Gasteiger partial charge in [-0.15, -0.1) is 0 Å². The third-order valence-corrected chi connectivity index (χ3v) is 4.05. The summed E-state index contributed by atoms with van der Waals surface area (Å²) in [6.07, 6.45) is 3.49. The maximum absolute atomic E-state index is 12.3. The Morgan fingerprint density at radius 3 is 2.30 bits per heavy atom. The summed E-state index contributed by atoms with van der Waals surface area (Å²) in [6.45, 7) is 3.08. The van der Waals surface area contributed by atoms with E-state index in [9.17, 15) is 4.79 Å². The highest BCUT2D eigenvalue weighted by Gasteiger charge is 2.31. The number of aromatic nitrogens is 2. The van der Waals surface area contributed by atoms with Crippen molar-refractivity contribution in [2.24, 2.45) is 0 Å². The summed E-state index contributed by atoms with van der Waals surface area (Å²) in [5.74, 6) is 0.516. The highest BCUT2D eigenvalue weighted by molar-refractivity contribution is 5.77. The highest BCUT2D eigenvalue weighted by atomic mass is 16.5. The van der Waals surface area contributed by atoms with Gasteiger partial charge in [0.05, 0.1) is 7.11 Å². The predicted molar refractivity (Wildman–Crippen MR) is 87.0 cm³/mol. The fourth-order valence-electron chi connectivity index (χ4n) is 2.88. The largest absolute Gasteiger partial charge is 0.468 e. The number of hydrogen-bond acceptors (Lipinski definition) is 6. The lowest BCUT2D eigenvalue weighted by Gasteiger charge is -2.38. The molecule has 23 heavy (non-hydrogen) atoms. The first-order valence-electron chi connectivity index (χ1n) is 7.68. The zero-order valence-corrected chi connectivity index (χ0v) is 13.1. The van der Waals surface area contributed by atoms with E-state index in [1.54, 1.807) is 12.4 Å². The second kappa shape index (κ2) is 7.19. The van der Waals surface area contributed by atoms with Crippen LogP contribution in [-0.4, -0.2) is 54.1 Å². The number of carbonyl (C=O) groups excluding carboxylic acids is 1. The molecule has 6 heteroatoms. The summed E-state index contributed by atoms with van der Waals surface area (Å²) in [4.78, 5) is 25.1. The summed E-state index contributed by atoms with van der Waals surface area (Å²) in [7, 11) is 1.44. The van der Waals surface area contributed by atoms with E-state index in [2.05, 4.69) is 19.8 Å². The monoisotopic (exact) mass is 312 g/mol. The molecule has 0 unspecified atom stereocenters. The lowest BCUT2D eigenvalue weighted by molar-refractivity contribution is -0.147. The van der Waals surface area contributed by atoms with Crippen molar-refractivity contribution in [3.8, 4) is 0 Å². The molecule has 3 rings (SSSR count). The van der Waals surface area contributed by atoms with E-state index in [4.69, 9.17) is 4.74 Å². The molecule has 2 aromatic rings. The minimum absolute atomic E-state index is 0.222. The third-order valence-electron chi connectivity index (χ3n) is 4.05. The van der Waals surface area contributed by atoms with Crippen LogP contribution in [0.3, 0.4) is 0 Å². The second-order valence-corrected chi connectivity index (χ2v) is 5.41. The summed E-state index contributed by atoms with van der Waals surface area (Å²) in [5.41, 5.74) is 0.962. The van der Waals surface area contributed by atoms with Crippen LogP contribution in [0.25, 0.3) is 0 Å². The maximum Gasteiger partial charge on any atom is 0.327 e. The lowest BCUT2D eigenvalue weighted by Crippen LogP contribution is -2.50. The van der Waals surface area contributed by atoms with Crippen LogP contribution in [0, 0.1) is 0 Å². The SMILES string of the molecule is COC(=O)[C@H](c1ccccc1)N1CCN(c2ncccn2)CC1.